The molecule has 0 unspecified atom stereocenters. The summed E-state index contributed by atoms with van der Waals surface area (Å²) in [6.45, 7) is 6.87. The van der Waals surface area contributed by atoms with Crippen LogP contribution in [0.1, 0.15) is 44.2 Å². The minimum Gasteiger partial charge on any atom is -0.424 e. The highest BCUT2D eigenvalue weighted by Gasteiger charge is 2.15. The third kappa shape index (κ3) is 3.84. The van der Waals surface area contributed by atoms with Gasteiger partial charge in [0, 0.05) is 37.0 Å². The molecule has 0 saturated carbocycles. The van der Waals surface area contributed by atoms with E-state index in [0.717, 1.165) is 12.1 Å². The highest BCUT2D eigenvalue weighted by atomic mass is 16.4. The molecule has 0 amide bonds. The van der Waals surface area contributed by atoms with Crippen molar-refractivity contribution in [2.24, 2.45) is 0 Å². The van der Waals surface area contributed by atoms with E-state index >= 15 is 0 Å². The molecule has 0 aliphatic carbocycles. The number of aromatic nitrogens is 4. The smallest absolute Gasteiger partial charge is 0.230 e. The molecule has 0 fully saturated rings. The Bertz CT molecular complexity index is 525. The third-order valence-electron chi connectivity index (χ3n) is 3.23. The zero-order valence-electron chi connectivity index (χ0n) is 12.4. The van der Waals surface area contributed by atoms with Crippen molar-refractivity contribution < 1.29 is 4.42 Å². The quantitative estimate of drug-likeness (QED) is 0.803. The lowest BCUT2D eigenvalue weighted by molar-refractivity contribution is 0.220. The third-order valence-corrected chi connectivity index (χ3v) is 3.23. The lowest BCUT2D eigenvalue weighted by atomic mass is 10.1. The fraction of sp³-hybridized carbons (Fsp3) is 0.571. The Balaban J connectivity index is 1.91. The molecule has 2 rings (SSSR count). The minimum absolute atomic E-state index is 0.263. The fourth-order valence-electron chi connectivity index (χ4n) is 1.83. The van der Waals surface area contributed by atoms with Crippen molar-refractivity contribution in [3.63, 3.8) is 0 Å². The van der Waals surface area contributed by atoms with Crippen LogP contribution in [0.15, 0.2) is 23.0 Å². The average Bonchev–Trinajstić information content (AvgIpc) is 2.88. The molecule has 2 aromatic heterocycles. The number of hydrogen-bond donors (Lipinski definition) is 0. The summed E-state index contributed by atoms with van der Waals surface area (Å²) in [5, 5.41) is 8.13. The van der Waals surface area contributed by atoms with Crippen LogP contribution in [0, 0.1) is 0 Å². The molecule has 108 valence electrons. The number of likely N-dealkylation sites (N-methyl/N-ethyl adjacent to an activating group) is 1. The number of rotatable bonds is 6. The number of nitrogens with zero attached hydrogens (tertiary/aromatic N) is 5. The van der Waals surface area contributed by atoms with E-state index in [-0.39, 0.29) is 5.92 Å². The van der Waals surface area contributed by atoms with Gasteiger partial charge in [0.15, 0.2) is 0 Å². The summed E-state index contributed by atoms with van der Waals surface area (Å²) >= 11 is 0. The predicted molar refractivity (Wildman–Crippen MR) is 75.1 cm³/mol. The van der Waals surface area contributed by atoms with Crippen molar-refractivity contribution in [3.8, 4) is 0 Å². The molecular formula is C14H21N5O. The van der Waals surface area contributed by atoms with Crippen molar-refractivity contribution in [1.29, 1.82) is 0 Å². The van der Waals surface area contributed by atoms with Gasteiger partial charge in [0.1, 0.15) is 0 Å². The molecule has 20 heavy (non-hydrogen) atoms. The van der Waals surface area contributed by atoms with Crippen LogP contribution in [0.4, 0.5) is 0 Å². The molecule has 0 spiro atoms. The molecule has 0 saturated heterocycles. The van der Waals surface area contributed by atoms with Gasteiger partial charge in [0.25, 0.3) is 0 Å². The van der Waals surface area contributed by atoms with Gasteiger partial charge >= 0.3 is 0 Å². The SMILES string of the molecule is CC(C)c1nnc(CN(C)[C@@H](C)Cc2cnccn2)o1. The van der Waals surface area contributed by atoms with E-state index in [1.165, 1.54) is 0 Å². The first-order chi connectivity index (χ1) is 9.56. The van der Waals surface area contributed by atoms with Crippen molar-refractivity contribution in [2.75, 3.05) is 7.05 Å². The molecule has 0 bridgehead atoms. The second kappa shape index (κ2) is 6.56. The Labute approximate surface area is 119 Å². The largest absolute Gasteiger partial charge is 0.424 e. The van der Waals surface area contributed by atoms with Crippen LogP contribution in [0.3, 0.4) is 0 Å². The van der Waals surface area contributed by atoms with Gasteiger partial charge < -0.3 is 4.42 Å². The monoisotopic (exact) mass is 275 g/mol. The standard InChI is InChI=1S/C14H21N5O/c1-10(2)14-18-17-13(20-14)9-19(4)11(3)7-12-8-15-5-6-16-12/h5-6,8,10-11H,7,9H2,1-4H3/t11-/m0/s1. The zero-order valence-corrected chi connectivity index (χ0v) is 12.4. The van der Waals surface area contributed by atoms with Crippen LogP contribution in [0.2, 0.25) is 0 Å². The lowest BCUT2D eigenvalue weighted by Gasteiger charge is -2.22. The van der Waals surface area contributed by atoms with Gasteiger partial charge in [-0.3, -0.25) is 14.9 Å². The maximum atomic E-state index is 5.62. The van der Waals surface area contributed by atoms with Gasteiger partial charge in [0.05, 0.1) is 12.2 Å². The van der Waals surface area contributed by atoms with Gasteiger partial charge in [-0.2, -0.15) is 0 Å². The second-order valence-corrected chi connectivity index (χ2v) is 5.35. The Morgan fingerprint density at radius 1 is 1.20 bits per heavy atom. The van der Waals surface area contributed by atoms with E-state index in [4.69, 9.17) is 4.42 Å². The van der Waals surface area contributed by atoms with Crippen molar-refractivity contribution in [3.05, 3.63) is 36.1 Å². The molecule has 0 aliphatic rings. The Morgan fingerprint density at radius 3 is 2.60 bits per heavy atom. The summed E-state index contributed by atoms with van der Waals surface area (Å²) < 4.78 is 5.62. The van der Waals surface area contributed by atoms with Crippen LogP contribution in [-0.2, 0) is 13.0 Å². The topological polar surface area (TPSA) is 67.9 Å². The molecule has 6 heteroatoms. The van der Waals surface area contributed by atoms with E-state index in [1.807, 2.05) is 20.9 Å². The maximum Gasteiger partial charge on any atom is 0.230 e. The zero-order chi connectivity index (χ0) is 14.5. The summed E-state index contributed by atoms with van der Waals surface area (Å²) in [5.41, 5.74) is 0.986. The molecule has 0 radical (unpaired) electrons. The van der Waals surface area contributed by atoms with Gasteiger partial charge in [-0.05, 0) is 14.0 Å². The highest BCUT2D eigenvalue weighted by molar-refractivity contribution is 4.97. The van der Waals surface area contributed by atoms with Crippen molar-refractivity contribution in [1.82, 2.24) is 25.1 Å². The molecule has 1 atom stereocenters. The van der Waals surface area contributed by atoms with Crippen LogP contribution >= 0.6 is 0 Å². The summed E-state index contributed by atoms with van der Waals surface area (Å²) in [4.78, 5) is 10.5. The maximum absolute atomic E-state index is 5.62. The van der Waals surface area contributed by atoms with E-state index in [2.05, 4.69) is 32.0 Å². The summed E-state index contributed by atoms with van der Waals surface area (Å²) in [5.74, 6) is 1.61. The first-order valence-electron chi connectivity index (χ1n) is 6.83. The van der Waals surface area contributed by atoms with E-state index in [0.29, 0.717) is 24.4 Å². The molecular weight excluding hydrogens is 254 g/mol. The normalized spacial score (nSPS) is 13.1. The van der Waals surface area contributed by atoms with Gasteiger partial charge in [-0.25, -0.2) is 0 Å². The van der Waals surface area contributed by atoms with Crippen LogP contribution in [0.5, 0.6) is 0 Å². The van der Waals surface area contributed by atoms with E-state index in [1.54, 1.807) is 18.6 Å². The Morgan fingerprint density at radius 2 is 2.00 bits per heavy atom. The molecule has 2 aromatic rings. The van der Waals surface area contributed by atoms with E-state index < -0.39 is 0 Å². The molecule has 2 heterocycles. The molecule has 6 nitrogen and oxygen atoms in total. The lowest BCUT2D eigenvalue weighted by Crippen LogP contribution is -2.30. The molecule has 0 N–H and O–H groups in total. The first kappa shape index (κ1) is 14.6. The van der Waals surface area contributed by atoms with Crippen LogP contribution < -0.4 is 0 Å². The summed E-state index contributed by atoms with van der Waals surface area (Å²) in [6.07, 6.45) is 6.04. The highest BCUT2D eigenvalue weighted by Crippen LogP contribution is 2.14. The number of hydrogen-bond acceptors (Lipinski definition) is 6. The van der Waals surface area contributed by atoms with Crippen molar-refractivity contribution in [2.45, 2.75) is 45.7 Å². The molecule has 0 aliphatic heterocycles. The second-order valence-electron chi connectivity index (χ2n) is 5.35. The Hall–Kier alpha value is -1.82. The predicted octanol–water partition coefficient (Wildman–Crippen LogP) is 2.05. The summed E-state index contributed by atoms with van der Waals surface area (Å²) in [7, 11) is 2.04. The van der Waals surface area contributed by atoms with Crippen LogP contribution in [-0.4, -0.2) is 38.2 Å². The Kier molecular flexibility index (Phi) is 4.79. The van der Waals surface area contributed by atoms with Gasteiger partial charge in [-0.15, -0.1) is 10.2 Å². The van der Waals surface area contributed by atoms with Gasteiger partial charge in [0.2, 0.25) is 11.8 Å². The van der Waals surface area contributed by atoms with Crippen molar-refractivity contribution >= 4 is 0 Å². The van der Waals surface area contributed by atoms with E-state index in [9.17, 15) is 0 Å². The van der Waals surface area contributed by atoms with Gasteiger partial charge in [-0.1, -0.05) is 13.8 Å². The molecule has 0 aromatic carbocycles. The first-order valence-corrected chi connectivity index (χ1v) is 6.83. The average molecular weight is 275 g/mol. The fourth-order valence-corrected chi connectivity index (χ4v) is 1.83. The van der Waals surface area contributed by atoms with Crippen LogP contribution in [0.25, 0.3) is 0 Å². The minimum atomic E-state index is 0.263. The summed E-state index contributed by atoms with van der Waals surface area (Å²) in [6, 6.07) is 0.320.